The summed E-state index contributed by atoms with van der Waals surface area (Å²) < 4.78 is 27.4. The minimum Gasteiger partial charge on any atom is -0.390 e. The van der Waals surface area contributed by atoms with Crippen molar-refractivity contribution in [1.82, 2.24) is 14.8 Å². The number of nitrogens with zero attached hydrogens (tertiary/aromatic N) is 3. The number of benzene rings is 2. The second-order valence-electron chi connectivity index (χ2n) is 10.3. The maximum Gasteiger partial charge on any atom is 0.255 e. The van der Waals surface area contributed by atoms with Crippen LogP contribution in [0.25, 0.3) is 0 Å². The normalized spacial score (nSPS) is 12.6. The minimum absolute atomic E-state index is 0.0133. The van der Waals surface area contributed by atoms with Gasteiger partial charge in [-0.25, -0.2) is 8.78 Å². The fraction of sp³-hybridized carbons (Fsp3) is 0.406. The molecule has 41 heavy (non-hydrogen) atoms. The predicted octanol–water partition coefficient (Wildman–Crippen LogP) is 4.76. The van der Waals surface area contributed by atoms with Gasteiger partial charge in [-0.1, -0.05) is 45.0 Å². The van der Waals surface area contributed by atoms with Gasteiger partial charge in [0.2, 0.25) is 0 Å². The summed E-state index contributed by atoms with van der Waals surface area (Å²) in [6.45, 7) is 7.29. The highest BCUT2D eigenvalue weighted by Crippen LogP contribution is 2.17. The monoisotopic (exact) mass is 566 g/mol. The van der Waals surface area contributed by atoms with Crippen LogP contribution in [0.5, 0.6) is 0 Å². The van der Waals surface area contributed by atoms with E-state index in [0.717, 1.165) is 36.5 Å². The minimum atomic E-state index is -1.19. The van der Waals surface area contributed by atoms with Crippen molar-refractivity contribution in [3.8, 4) is 0 Å². The number of amides is 2. The molecule has 2 atom stereocenters. The van der Waals surface area contributed by atoms with E-state index in [1.54, 1.807) is 4.90 Å². The highest BCUT2D eigenvalue weighted by molar-refractivity contribution is 5.99. The largest absolute Gasteiger partial charge is 0.390 e. The maximum atomic E-state index is 13.8. The Hall–Kier alpha value is -3.69. The lowest BCUT2D eigenvalue weighted by Crippen LogP contribution is -2.46. The van der Waals surface area contributed by atoms with E-state index in [0.29, 0.717) is 24.2 Å². The number of hydrogen-bond donors (Lipinski definition) is 2. The molecular weight excluding hydrogens is 526 g/mol. The van der Waals surface area contributed by atoms with Crippen molar-refractivity contribution in [1.29, 1.82) is 0 Å². The summed E-state index contributed by atoms with van der Waals surface area (Å²) in [5, 5.41) is 11.0. The Bertz CT molecular complexity index is 1290. The van der Waals surface area contributed by atoms with Gasteiger partial charge in [0.05, 0.1) is 17.2 Å². The van der Waals surface area contributed by atoms with Crippen LogP contribution in [0.2, 0.25) is 0 Å². The molecule has 0 fully saturated rings. The zero-order valence-electron chi connectivity index (χ0n) is 24.0. The molecule has 3 N–H and O–H groups in total. The molecule has 7 nitrogen and oxygen atoms in total. The van der Waals surface area contributed by atoms with E-state index in [-0.39, 0.29) is 31.0 Å². The molecule has 0 aliphatic carbocycles. The summed E-state index contributed by atoms with van der Waals surface area (Å²) >= 11 is 0. The van der Waals surface area contributed by atoms with Gasteiger partial charge in [-0.05, 0) is 60.6 Å². The Labute approximate surface area is 241 Å². The van der Waals surface area contributed by atoms with E-state index in [1.165, 1.54) is 35.5 Å². The lowest BCUT2D eigenvalue weighted by atomic mass is 10.0. The number of halogens is 2. The predicted molar refractivity (Wildman–Crippen MR) is 155 cm³/mol. The summed E-state index contributed by atoms with van der Waals surface area (Å²) in [4.78, 5) is 34.4. The van der Waals surface area contributed by atoms with Crippen LogP contribution in [-0.4, -0.2) is 63.5 Å². The molecule has 0 bridgehead atoms. The van der Waals surface area contributed by atoms with Crippen molar-refractivity contribution in [2.45, 2.75) is 65.1 Å². The molecular formula is C32H40F2N4O3. The fourth-order valence-corrected chi connectivity index (χ4v) is 4.78. The average Bonchev–Trinajstić information content (AvgIpc) is 2.95. The van der Waals surface area contributed by atoms with Crippen molar-refractivity contribution >= 4 is 11.8 Å². The number of carbonyl (C=O) groups is 2. The second kappa shape index (κ2) is 15.3. The summed E-state index contributed by atoms with van der Waals surface area (Å²) in [5.41, 5.74) is 9.03. The molecule has 2 aromatic carbocycles. The molecule has 2 amide bonds. The van der Waals surface area contributed by atoms with Gasteiger partial charge in [0.25, 0.3) is 11.8 Å². The van der Waals surface area contributed by atoms with Crippen LogP contribution in [0.3, 0.4) is 0 Å². The smallest absolute Gasteiger partial charge is 0.255 e. The SMILES string of the molecule is CCCN(CCC)C(=O)c1cncc(C(=O)N(Cc2cccc(CC)c2)C[C@@H](O)[C@@H](N)Cc2cc(F)cc(F)c2)c1. The molecule has 0 spiro atoms. The van der Waals surface area contributed by atoms with E-state index in [9.17, 15) is 23.5 Å². The molecule has 9 heteroatoms. The quantitative estimate of drug-likeness (QED) is 0.293. The number of carbonyl (C=O) groups excluding carboxylic acids is 2. The van der Waals surface area contributed by atoms with Gasteiger partial charge in [-0.3, -0.25) is 14.6 Å². The maximum absolute atomic E-state index is 13.8. The number of aromatic nitrogens is 1. The third kappa shape index (κ3) is 9.16. The summed E-state index contributed by atoms with van der Waals surface area (Å²) in [5.74, 6) is -2.07. The molecule has 1 heterocycles. The zero-order valence-corrected chi connectivity index (χ0v) is 24.0. The van der Waals surface area contributed by atoms with E-state index in [2.05, 4.69) is 4.98 Å². The second-order valence-corrected chi connectivity index (χ2v) is 10.3. The van der Waals surface area contributed by atoms with Crippen LogP contribution < -0.4 is 5.73 Å². The number of pyridine rings is 1. The molecule has 3 aromatic rings. The molecule has 0 saturated heterocycles. The molecule has 1 aromatic heterocycles. The topological polar surface area (TPSA) is 99.8 Å². The van der Waals surface area contributed by atoms with Crippen molar-refractivity contribution in [2.75, 3.05) is 19.6 Å². The highest BCUT2D eigenvalue weighted by atomic mass is 19.1. The van der Waals surface area contributed by atoms with E-state index < -0.39 is 29.7 Å². The molecule has 0 aliphatic rings. The molecule has 0 saturated carbocycles. The van der Waals surface area contributed by atoms with Gasteiger partial charge in [-0.2, -0.15) is 0 Å². The van der Waals surface area contributed by atoms with Gasteiger partial charge >= 0.3 is 0 Å². The van der Waals surface area contributed by atoms with Crippen molar-refractivity contribution in [3.05, 3.63) is 100 Å². The Kier molecular flexibility index (Phi) is 11.9. The van der Waals surface area contributed by atoms with Crippen molar-refractivity contribution in [3.63, 3.8) is 0 Å². The van der Waals surface area contributed by atoms with Crippen LogP contribution in [-0.2, 0) is 19.4 Å². The first-order valence-corrected chi connectivity index (χ1v) is 14.1. The van der Waals surface area contributed by atoms with Gasteiger partial charge in [0.1, 0.15) is 11.6 Å². The van der Waals surface area contributed by atoms with E-state index >= 15 is 0 Å². The summed E-state index contributed by atoms with van der Waals surface area (Å²) in [7, 11) is 0. The summed E-state index contributed by atoms with van der Waals surface area (Å²) in [6.07, 6.45) is 4.11. The lowest BCUT2D eigenvalue weighted by Gasteiger charge is -2.29. The van der Waals surface area contributed by atoms with Crippen LogP contribution in [0.15, 0.2) is 60.9 Å². The third-order valence-electron chi connectivity index (χ3n) is 6.86. The van der Waals surface area contributed by atoms with Crippen LogP contribution >= 0.6 is 0 Å². The van der Waals surface area contributed by atoms with E-state index in [1.807, 2.05) is 45.0 Å². The van der Waals surface area contributed by atoms with Gasteiger partial charge in [0, 0.05) is 50.7 Å². The standard InChI is InChI=1S/C32H40F2N4O3/c1-4-10-37(11-5-2)31(40)25-16-26(19-36-18-25)32(41)38(20-23-9-7-8-22(6-3)12-23)21-30(39)29(35)15-24-13-27(33)17-28(34)14-24/h7-9,12-14,16-19,29-30,39H,4-6,10-11,15,20-21,35H2,1-3H3/t29-,30+/m0/s1. The fourth-order valence-electron chi connectivity index (χ4n) is 4.78. The first-order valence-electron chi connectivity index (χ1n) is 14.1. The zero-order chi connectivity index (χ0) is 29.9. The lowest BCUT2D eigenvalue weighted by molar-refractivity contribution is 0.0554. The van der Waals surface area contributed by atoms with Gasteiger partial charge in [-0.15, -0.1) is 0 Å². The third-order valence-corrected chi connectivity index (χ3v) is 6.86. The Morgan fingerprint density at radius 1 is 0.854 bits per heavy atom. The summed E-state index contributed by atoms with van der Waals surface area (Å²) in [6, 6.07) is 11.5. The molecule has 0 aliphatic heterocycles. The van der Waals surface area contributed by atoms with Gasteiger partial charge < -0.3 is 20.6 Å². The number of aliphatic hydroxyl groups excluding tert-OH is 1. The van der Waals surface area contributed by atoms with Crippen LogP contribution in [0, 0.1) is 11.6 Å². The first kappa shape index (κ1) is 31.8. The van der Waals surface area contributed by atoms with Crippen molar-refractivity contribution < 1.29 is 23.5 Å². The van der Waals surface area contributed by atoms with Gasteiger partial charge in [0.15, 0.2) is 0 Å². The number of hydrogen-bond acceptors (Lipinski definition) is 5. The molecule has 0 radical (unpaired) electrons. The Morgan fingerprint density at radius 3 is 2.02 bits per heavy atom. The number of aliphatic hydroxyl groups is 1. The van der Waals surface area contributed by atoms with Crippen LogP contribution in [0.1, 0.15) is 71.0 Å². The molecule has 220 valence electrons. The highest BCUT2D eigenvalue weighted by Gasteiger charge is 2.25. The number of aryl methyl sites for hydroxylation is 1. The van der Waals surface area contributed by atoms with Crippen molar-refractivity contribution in [2.24, 2.45) is 5.73 Å². The Balaban J connectivity index is 1.87. The molecule has 0 unspecified atom stereocenters. The first-order chi connectivity index (χ1) is 19.6. The number of nitrogens with two attached hydrogens (primary N) is 1. The molecule has 3 rings (SSSR count). The Morgan fingerprint density at radius 2 is 1.44 bits per heavy atom. The average molecular weight is 567 g/mol. The number of rotatable bonds is 14. The van der Waals surface area contributed by atoms with E-state index in [4.69, 9.17) is 5.73 Å². The van der Waals surface area contributed by atoms with Crippen LogP contribution in [0.4, 0.5) is 8.78 Å².